The highest BCUT2D eigenvalue weighted by Crippen LogP contribution is 2.01. The zero-order chi connectivity index (χ0) is 12.8. The smallest absolute Gasteiger partial charge is 0.332 e. The maximum Gasteiger partial charge on any atom is 0.332 e. The molecule has 0 saturated heterocycles. The van der Waals surface area contributed by atoms with Gasteiger partial charge in [-0.1, -0.05) is 30.3 Å². The molecule has 1 aromatic carbocycles. The van der Waals surface area contributed by atoms with E-state index in [1.165, 1.54) is 6.92 Å². The highest BCUT2D eigenvalue weighted by molar-refractivity contribution is 5.81. The van der Waals surface area contributed by atoms with E-state index in [4.69, 9.17) is 10.9 Å². The van der Waals surface area contributed by atoms with Gasteiger partial charge in [0, 0.05) is 0 Å². The molecule has 0 aliphatic rings. The van der Waals surface area contributed by atoms with Crippen molar-refractivity contribution in [3.8, 4) is 0 Å². The van der Waals surface area contributed by atoms with Crippen LogP contribution in [0.1, 0.15) is 12.5 Å². The van der Waals surface area contributed by atoms with Gasteiger partial charge < -0.3 is 10.4 Å². The van der Waals surface area contributed by atoms with Crippen LogP contribution in [0.2, 0.25) is 0 Å². The minimum atomic E-state index is -1.11. The van der Waals surface area contributed by atoms with Crippen LogP contribution in [-0.4, -0.2) is 28.2 Å². The van der Waals surface area contributed by atoms with Crippen LogP contribution in [0.3, 0.4) is 0 Å². The van der Waals surface area contributed by atoms with Gasteiger partial charge in [-0.25, -0.2) is 10.6 Å². The average molecular weight is 237 g/mol. The van der Waals surface area contributed by atoms with E-state index in [1.54, 1.807) is 0 Å². The summed E-state index contributed by atoms with van der Waals surface area (Å²) in [6.45, 7) is 1.59. The van der Waals surface area contributed by atoms with Crippen LogP contribution < -0.4 is 11.2 Å². The van der Waals surface area contributed by atoms with Crippen LogP contribution in [0.15, 0.2) is 30.3 Å². The maximum atomic E-state index is 11.5. The number of amides is 2. The SMILES string of the molecule is C[C@H](NC(=O)N(N)Cc1ccccc1)C(=O)O. The number of nitrogens with zero attached hydrogens (tertiary/aromatic N) is 1. The van der Waals surface area contributed by atoms with Gasteiger partial charge in [-0.2, -0.15) is 0 Å². The predicted molar refractivity (Wildman–Crippen MR) is 61.8 cm³/mol. The first-order chi connectivity index (χ1) is 8.00. The van der Waals surface area contributed by atoms with Crippen LogP contribution in [-0.2, 0) is 11.3 Å². The highest BCUT2D eigenvalue weighted by Gasteiger charge is 2.17. The van der Waals surface area contributed by atoms with Crippen molar-refractivity contribution in [2.24, 2.45) is 5.84 Å². The zero-order valence-electron chi connectivity index (χ0n) is 9.46. The van der Waals surface area contributed by atoms with Crippen molar-refractivity contribution in [1.29, 1.82) is 0 Å². The first-order valence-corrected chi connectivity index (χ1v) is 5.10. The second-order valence-electron chi connectivity index (χ2n) is 3.62. The Morgan fingerprint density at radius 3 is 2.53 bits per heavy atom. The minimum absolute atomic E-state index is 0.221. The summed E-state index contributed by atoms with van der Waals surface area (Å²) >= 11 is 0. The predicted octanol–water partition coefficient (Wildman–Crippen LogP) is 0.545. The molecule has 1 aromatic rings. The molecular formula is C11H15N3O3. The van der Waals surface area contributed by atoms with Crippen molar-refractivity contribution in [3.63, 3.8) is 0 Å². The summed E-state index contributed by atoms with van der Waals surface area (Å²) in [5.41, 5.74) is 0.869. The van der Waals surface area contributed by atoms with Gasteiger partial charge in [0.25, 0.3) is 0 Å². The molecule has 6 heteroatoms. The fourth-order valence-corrected chi connectivity index (χ4v) is 1.18. The fourth-order valence-electron chi connectivity index (χ4n) is 1.18. The molecule has 17 heavy (non-hydrogen) atoms. The van der Waals surface area contributed by atoms with Crippen molar-refractivity contribution in [2.45, 2.75) is 19.5 Å². The molecule has 92 valence electrons. The van der Waals surface area contributed by atoms with E-state index >= 15 is 0 Å². The molecule has 0 heterocycles. The van der Waals surface area contributed by atoms with Gasteiger partial charge in [0.1, 0.15) is 6.04 Å². The summed E-state index contributed by atoms with van der Waals surface area (Å²) in [6, 6.07) is 7.59. The third-order valence-electron chi connectivity index (χ3n) is 2.17. The number of benzene rings is 1. The number of rotatable bonds is 4. The molecular weight excluding hydrogens is 222 g/mol. The first-order valence-electron chi connectivity index (χ1n) is 5.10. The topological polar surface area (TPSA) is 95.7 Å². The maximum absolute atomic E-state index is 11.5. The summed E-state index contributed by atoms with van der Waals surface area (Å²) in [6.07, 6.45) is 0. The third-order valence-corrected chi connectivity index (χ3v) is 2.17. The molecule has 0 aliphatic heterocycles. The number of nitrogens with two attached hydrogens (primary N) is 1. The molecule has 1 rings (SSSR count). The monoisotopic (exact) mass is 237 g/mol. The Kier molecular flexibility index (Phi) is 4.47. The lowest BCUT2D eigenvalue weighted by atomic mass is 10.2. The number of carboxylic acid groups (broad SMARTS) is 1. The third kappa shape index (κ3) is 4.12. The number of hydrazine groups is 1. The van der Waals surface area contributed by atoms with Gasteiger partial charge in [0.15, 0.2) is 0 Å². The van der Waals surface area contributed by atoms with Gasteiger partial charge in [-0.15, -0.1) is 0 Å². The van der Waals surface area contributed by atoms with Crippen LogP contribution >= 0.6 is 0 Å². The van der Waals surface area contributed by atoms with Gasteiger partial charge in [0.05, 0.1) is 6.54 Å². The Morgan fingerprint density at radius 1 is 1.41 bits per heavy atom. The number of aliphatic carboxylic acids is 1. The van der Waals surface area contributed by atoms with Gasteiger partial charge in [-0.3, -0.25) is 9.80 Å². The number of carboxylic acids is 1. The Labute approximate surface area is 99.0 Å². The van der Waals surface area contributed by atoms with E-state index < -0.39 is 18.0 Å². The number of carbonyl (C=O) groups excluding carboxylic acids is 1. The first kappa shape index (κ1) is 13.0. The summed E-state index contributed by atoms with van der Waals surface area (Å²) < 4.78 is 0. The number of urea groups is 1. The zero-order valence-corrected chi connectivity index (χ0v) is 9.46. The van der Waals surface area contributed by atoms with Gasteiger partial charge in [-0.05, 0) is 12.5 Å². The molecule has 6 nitrogen and oxygen atoms in total. The molecule has 0 aromatic heterocycles. The standard InChI is InChI=1S/C11H15N3O3/c1-8(10(15)16)13-11(17)14(12)7-9-5-3-2-4-6-9/h2-6,8H,7,12H2,1H3,(H,13,17)(H,15,16)/t8-/m0/s1. The fraction of sp³-hybridized carbons (Fsp3) is 0.273. The molecule has 1 atom stereocenters. The lowest BCUT2D eigenvalue weighted by molar-refractivity contribution is -0.138. The summed E-state index contributed by atoms with van der Waals surface area (Å²) in [7, 11) is 0. The molecule has 0 saturated carbocycles. The molecule has 0 fully saturated rings. The van der Waals surface area contributed by atoms with Crippen molar-refractivity contribution in [2.75, 3.05) is 0 Å². The number of carbonyl (C=O) groups is 2. The largest absolute Gasteiger partial charge is 0.480 e. The molecule has 0 spiro atoms. The number of hydrogen-bond donors (Lipinski definition) is 3. The van der Waals surface area contributed by atoms with E-state index in [1.807, 2.05) is 30.3 Å². The van der Waals surface area contributed by atoms with E-state index in [-0.39, 0.29) is 6.54 Å². The molecule has 0 aliphatic carbocycles. The second-order valence-corrected chi connectivity index (χ2v) is 3.62. The molecule has 0 unspecified atom stereocenters. The quantitative estimate of drug-likeness (QED) is 0.404. The van der Waals surface area contributed by atoms with E-state index in [2.05, 4.69) is 5.32 Å². The van der Waals surface area contributed by atoms with Crippen LogP contribution in [0.5, 0.6) is 0 Å². The number of nitrogens with one attached hydrogen (secondary N) is 1. The lowest BCUT2D eigenvalue weighted by Gasteiger charge is -2.19. The van der Waals surface area contributed by atoms with Crippen molar-refractivity contribution >= 4 is 12.0 Å². The van der Waals surface area contributed by atoms with Crippen molar-refractivity contribution in [3.05, 3.63) is 35.9 Å². The van der Waals surface area contributed by atoms with Crippen LogP contribution in [0, 0.1) is 0 Å². The van der Waals surface area contributed by atoms with Crippen LogP contribution in [0.25, 0.3) is 0 Å². The second kappa shape index (κ2) is 5.86. The summed E-state index contributed by atoms with van der Waals surface area (Å²) in [4.78, 5) is 22.0. The Balaban J connectivity index is 2.50. The summed E-state index contributed by atoms with van der Waals surface area (Å²) in [5.74, 6) is 4.42. The Morgan fingerprint density at radius 2 is 2.00 bits per heavy atom. The molecule has 0 radical (unpaired) electrons. The molecule has 0 bridgehead atoms. The average Bonchev–Trinajstić information content (AvgIpc) is 2.29. The Hall–Kier alpha value is -2.08. The van der Waals surface area contributed by atoms with Crippen molar-refractivity contribution < 1.29 is 14.7 Å². The van der Waals surface area contributed by atoms with Gasteiger partial charge >= 0.3 is 12.0 Å². The molecule has 2 amide bonds. The van der Waals surface area contributed by atoms with E-state index in [0.717, 1.165) is 10.6 Å². The normalized spacial score (nSPS) is 11.6. The van der Waals surface area contributed by atoms with E-state index in [9.17, 15) is 9.59 Å². The highest BCUT2D eigenvalue weighted by atomic mass is 16.4. The summed E-state index contributed by atoms with van der Waals surface area (Å²) in [5, 5.41) is 11.8. The van der Waals surface area contributed by atoms with Crippen molar-refractivity contribution in [1.82, 2.24) is 10.3 Å². The van der Waals surface area contributed by atoms with E-state index in [0.29, 0.717) is 0 Å². The molecule has 4 N–H and O–H groups in total. The Bertz CT molecular complexity index is 394. The number of hydrogen-bond acceptors (Lipinski definition) is 3. The van der Waals surface area contributed by atoms with Gasteiger partial charge in [0.2, 0.25) is 0 Å². The lowest BCUT2D eigenvalue weighted by Crippen LogP contribution is -2.49. The minimum Gasteiger partial charge on any atom is -0.480 e. The van der Waals surface area contributed by atoms with Crippen LogP contribution in [0.4, 0.5) is 4.79 Å².